The number of nitrogens with two attached hydrogens (primary N) is 1. The van der Waals surface area contributed by atoms with E-state index in [1.54, 1.807) is 0 Å². The van der Waals surface area contributed by atoms with Crippen LogP contribution in [-0.2, 0) is 5.41 Å². The molecule has 1 aromatic rings. The zero-order chi connectivity index (χ0) is 10.8. The van der Waals surface area contributed by atoms with Gasteiger partial charge in [0.25, 0.3) is 0 Å². The third-order valence-electron chi connectivity index (χ3n) is 2.36. The molecule has 0 heterocycles. The zero-order valence-electron chi connectivity index (χ0n) is 9.12. The first-order valence-electron chi connectivity index (χ1n) is 4.93. The van der Waals surface area contributed by atoms with E-state index < -0.39 is 6.10 Å². The van der Waals surface area contributed by atoms with Gasteiger partial charge in [-0.2, -0.15) is 0 Å². The molecule has 0 bridgehead atoms. The molecule has 1 aromatic carbocycles. The maximum absolute atomic E-state index is 9.59. The van der Waals surface area contributed by atoms with Crippen molar-refractivity contribution in [3.63, 3.8) is 0 Å². The molecule has 2 heteroatoms. The Balaban J connectivity index is 3.01. The number of hydrogen-bond acceptors (Lipinski definition) is 2. The average Bonchev–Trinajstić information content (AvgIpc) is 2.15. The Bertz CT molecular complexity index is 301. The van der Waals surface area contributed by atoms with Gasteiger partial charge in [0.2, 0.25) is 0 Å². The molecule has 14 heavy (non-hydrogen) atoms. The summed E-state index contributed by atoms with van der Waals surface area (Å²) in [6.45, 7) is 6.73. The van der Waals surface area contributed by atoms with Crippen LogP contribution in [0.15, 0.2) is 24.3 Å². The third kappa shape index (κ3) is 2.56. The SMILES string of the molecule is CC(C)(C)c1cccc([C@H](O)CN)c1. The van der Waals surface area contributed by atoms with Crippen LogP contribution in [0, 0.1) is 0 Å². The van der Waals surface area contributed by atoms with Crippen molar-refractivity contribution in [3.8, 4) is 0 Å². The fraction of sp³-hybridized carbons (Fsp3) is 0.500. The van der Waals surface area contributed by atoms with Crippen molar-refractivity contribution >= 4 is 0 Å². The zero-order valence-corrected chi connectivity index (χ0v) is 9.12. The van der Waals surface area contributed by atoms with E-state index in [0.29, 0.717) is 0 Å². The molecule has 1 rings (SSSR count). The lowest BCUT2D eigenvalue weighted by atomic mass is 9.86. The Labute approximate surface area is 85.8 Å². The molecule has 78 valence electrons. The van der Waals surface area contributed by atoms with Crippen molar-refractivity contribution in [2.75, 3.05) is 6.54 Å². The predicted octanol–water partition coefficient (Wildman–Crippen LogP) is 1.98. The first-order chi connectivity index (χ1) is 6.45. The molecule has 0 saturated heterocycles. The van der Waals surface area contributed by atoms with Gasteiger partial charge < -0.3 is 10.8 Å². The summed E-state index contributed by atoms with van der Waals surface area (Å²) >= 11 is 0. The molecule has 0 saturated carbocycles. The van der Waals surface area contributed by atoms with Crippen LogP contribution in [0.4, 0.5) is 0 Å². The second-order valence-corrected chi connectivity index (χ2v) is 4.63. The van der Waals surface area contributed by atoms with Gasteiger partial charge in [-0.05, 0) is 16.5 Å². The van der Waals surface area contributed by atoms with Gasteiger partial charge in [0.05, 0.1) is 6.10 Å². The van der Waals surface area contributed by atoms with Crippen molar-refractivity contribution in [1.29, 1.82) is 0 Å². The van der Waals surface area contributed by atoms with Gasteiger partial charge in [-0.1, -0.05) is 45.0 Å². The molecule has 1 atom stereocenters. The first-order valence-corrected chi connectivity index (χ1v) is 4.93. The smallest absolute Gasteiger partial charge is 0.0912 e. The number of rotatable bonds is 2. The van der Waals surface area contributed by atoms with Crippen molar-refractivity contribution in [3.05, 3.63) is 35.4 Å². The Morgan fingerprint density at radius 3 is 2.50 bits per heavy atom. The molecule has 0 unspecified atom stereocenters. The molecule has 0 aromatic heterocycles. The molecule has 0 fully saturated rings. The molecule has 0 aliphatic heterocycles. The summed E-state index contributed by atoms with van der Waals surface area (Å²) in [7, 11) is 0. The monoisotopic (exact) mass is 193 g/mol. The first kappa shape index (κ1) is 11.2. The van der Waals surface area contributed by atoms with Crippen LogP contribution >= 0.6 is 0 Å². The maximum atomic E-state index is 9.59. The normalized spacial score (nSPS) is 14.1. The van der Waals surface area contributed by atoms with E-state index in [1.807, 2.05) is 18.2 Å². The minimum absolute atomic E-state index is 0.115. The minimum atomic E-state index is -0.544. The Kier molecular flexibility index (Phi) is 3.29. The molecule has 3 N–H and O–H groups in total. The molecule has 0 spiro atoms. The van der Waals surface area contributed by atoms with Crippen LogP contribution in [-0.4, -0.2) is 11.7 Å². The van der Waals surface area contributed by atoms with Crippen LogP contribution in [0.3, 0.4) is 0 Å². The average molecular weight is 193 g/mol. The number of hydrogen-bond donors (Lipinski definition) is 2. The topological polar surface area (TPSA) is 46.2 Å². The highest BCUT2D eigenvalue weighted by atomic mass is 16.3. The van der Waals surface area contributed by atoms with Crippen molar-refractivity contribution < 1.29 is 5.11 Å². The highest BCUT2D eigenvalue weighted by molar-refractivity contribution is 5.29. The summed E-state index contributed by atoms with van der Waals surface area (Å²) in [6, 6.07) is 7.98. The maximum Gasteiger partial charge on any atom is 0.0912 e. The van der Waals surface area contributed by atoms with Crippen LogP contribution < -0.4 is 5.73 Å². The Hall–Kier alpha value is -0.860. The highest BCUT2D eigenvalue weighted by Crippen LogP contribution is 2.24. The molecule has 2 nitrogen and oxygen atoms in total. The van der Waals surface area contributed by atoms with Gasteiger partial charge in [-0.3, -0.25) is 0 Å². The number of aliphatic hydroxyl groups is 1. The summed E-state index contributed by atoms with van der Waals surface area (Å²) in [5.74, 6) is 0. The molecule has 0 aliphatic rings. The molecular weight excluding hydrogens is 174 g/mol. The van der Waals surface area contributed by atoms with Crippen molar-refractivity contribution in [2.24, 2.45) is 5.73 Å². The van der Waals surface area contributed by atoms with Crippen LogP contribution in [0.2, 0.25) is 0 Å². The summed E-state index contributed by atoms with van der Waals surface area (Å²) in [4.78, 5) is 0. The van der Waals surface area contributed by atoms with E-state index in [1.165, 1.54) is 5.56 Å². The summed E-state index contributed by atoms with van der Waals surface area (Å²) in [6.07, 6.45) is -0.544. The van der Waals surface area contributed by atoms with Gasteiger partial charge >= 0.3 is 0 Å². The van der Waals surface area contributed by atoms with E-state index in [9.17, 15) is 5.11 Å². The third-order valence-corrected chi connectivity index (χ3v) is 2.36. The fourth-order valence-electron chi connectivity index (χ4n) is 1.35. The highest BCUT2D eigenvalue weighted by Gasteiger charge is 2.15. The van der Waals surface area contributed by atoms with Crippen molar-refractivity contribution in [1.82, 2.24) is 0 Å². The lowest BCUT2D eigenvalue weighted by Crippen LogP contribution is -2.15. The standard InChI is InChI=1S/C12H19NO/c1-12(2,3)10-6-4-5-9(7-10)11(14)8-13/h4-7,11,14H,8,13H2,1-3H3/t11-/m1/s1. The summed E-state index contributed by atoms with van der Waals surface area (Å²) in [5.41, 5.74) is 7.66. The molecule has 0 radical (unpaired) electrons. The number of benzene rings is 1. The second kappa shape index (κ2) is 4.11. The van der Waals surface area contributed by atoms with Gasteiger partial charge in [-0.15, -0.1) is 0 Å². The van der Waals surface area contributed by atoms with Crippen LogP contribution in [0.25, 0.3) is 0 Å². The van der Waals surface area contributed by atoms with Crippen LogP contribution in [0.1, 0.15) is 38.0 Å². The van der Waals surface area contributed by atoms with Crippen molar-refractivity contribution in [2.45, 2.75) is 32.3 Å². The van der Waals surface area contributed by atoms with Gasteiger partial charge in [0, 0.05) is 6.54 Å². The molecule has 0 aliphatic carbocycles. The second-order valence-electron chi connectivity index (χ2n) is 4.63. The Morgan fingerprint density at radius 2 is 2.00 bits per heavy atom. The summed E-state index contributed by atoms with van der Waals surface area (Å²) < 4.78 is 0. The quantitative estimate of drug-likeness (QED) is 0.754. The largest absolute Gasteiger partial charge is 0.387 e. The predicted molar refractivity (Wildman–Crippen MR) is 59.2 cm³/mol. The van der Waals surface area contributed by atoms with E-state index in [4.69, 9.17) is 5.73 Å². The minimum Gasteiger partial charge on any atom is -0.387 e. The molecule has 0 amide bonds. The van der Waals surface area contributed by atoms with Gasteiger partial charge in [-0.25, -0.2) is 0 Å². The van der Waals surface area contributed by atoms with E-state index in [0.717, 1.165) is 5.56 Å². The molecular formula is C12H19NO. The summed E-state index contributed by atoms with van der Waals surface area (Å²) in [5, 5.41) is 9.59. The van der Waals surface area contributed by atoms with E-state index in [-0.39, 0.29) is 12.0 Å². The lowest BCUT2D eigenvalue weighted by molar-refractivity contribution is 0.186. The van der Waals surface area contributed by atoms with Gasteiger partial charge in [0.15, 0.2) is 0 Å². The van der Waals surface area contributed by atoms with E-state index >= 15 is 0 Å². The fourth-order valence-corrected chi connectivity index (χ4v) is 1.35. The van der Waals surface area contributed by atoms with Crippen LogP contribution in [0.5, 0.6) is 0 Å². The van der Waals surface area contributed by atoms with Gasteiger partial charge in [0.1, 0.15) is 0 Å². The van der Waals surface area contributed by atoms with E-state index in [2.05, 4.69) is 26.8 Å². The lowest BCUT2D eigenvalue weighted by Gasteiger charge is -2.20. The number of aliphatic hydroxyl groups excluding tert-OH is 1. The Morgan fingerprint density at radius 1 is 1.36 bits per heavy atom.